The van der Waals surface area contributed by atoms with Crippen molar-refractivity contribution in [2.45, 2.75) is 92.9 Å². The van der Waals surface area contributed by atoms with Crippen molar-refractivity contribution in [3.63, 3.8) is 0 Å². The molecule has 0 bridgehead atoms. The summed E-state index contributed by atoms with van der Waals surface area (Å²) < 4.78 is 31.7. The molecule has 0 amide bonds. The predicted molar refractivity (Wildman–Crippen MR) is 398 cm³/mol. The zero-order chi connectivity index (χ0) is 73.0. The molecular formula is C86H93NO11. The van der Waals surface area contributed by atoms with E-state index < -0.39 is 17.9 Å². The van der Waals surface area contributed by atoms with E-state index in [1.165, 1.54) is 44.1 Å². The van der Waals surface area contributed by atoms with Crippen LogP contribution in [0, 0.1) is 58.8 Å². The molecule has 0 atom stereocenters. The molecule has 12 heteroatoms. The van der Waals surface area contributed by atoms with Crippen LogP contribution in [-0.2, 0) is 0 Å². The highest BCUT2D eigenvalue weighted by molar-refractivity contribution is 5.94. The summed E-state index contributed by atoms with van der Waals surface area (Å²) in [6.07, 6.45) is 7.95. The van der Waals surface area contributed by atoms with Gasteiger partial charge in [-0.2, -0.15) is 5.26 Å². The number of methoxy groups -OCH3 is 1. The number of benzene rings is 9. The molecule has 1 aliphatic carbocycles. The van der Waals surface area contributed by atoms with E-state index >= 15 is 0 Å². The zero-order valence-corrected chi connectivity index (χ0v) is 58.1. The van der Waals surface area contributed by atoms with Gasteiger partial charge in [-0.1, -0.05) is 120 Å². The quantitative estimate of drug-likeness (QED) is 0.0576. The number of nitrogens with zero attached hydrogens (tertiary/aromatic N) is 1. The first-order valence-corrected chi connectivity index (χ1v) is 31.7. The fourth-order valence-electron chi connectivity index (χ4n) is 9.36. The number of esters is 5. The van der Waals surface area contributed by atoms with Gasteiger partial charge in [0.25, 0.3) is 0 Å². The molecule has 0 saturated heterocycles. The third-order valence-electron chi connectivity index (χ3n) is 14.6. The van der Waals surface area contributed by atoms with Gasteiger partial charge in [-0.25, -0.2) is 24.0 Å². The summed E-state index contributed by atoms with van der Waals surface area (Å²) >= 11 is 0. The molecule has 0 aromatic heterocycles. The number of rotatable bonds is 14. The van der Waals surface area contributed by atoms with Crippen LogP contribution in [0.2, 0.25) is 0 Å². The summed E-state index contributed by atoms with van der Waals surface area (Å²) in [6.45, 7) is 43.9. The molecule has 1 aliphatic rings. The Hall–Kier alpha value is -11.7. The molecule has 10 rings (SSSR count). The molecule has 0 heterocycles. The third-order valence-corrected chi connectivity index (χ3v) is 14.6. The summed E-state index contributed by atoms with van der Waals surface area (Å²) in [7, 11) is 1.59. The molecule has 98 heavy (non-hydrogen) atoms. The van der Waals surface area contributed by atoms with Crippen LogP contribution in [0.4, 0.5) is 0 Å². The van der Waals surface area contributed by atoms with E-state index in [0.717, 1.165) is 39.5 Å². The Labute approximate surface area is 581 Å². The molecule has 508 valence electrons. The van der Waals surface area contributed by atoms with Gasteiger partial charge in [-0.3, -0.25) is 0 Å². The molecule has 9 aromatic carbocycles. The van der Waals surface area contributed by atoms with Crippen LogP contribution in [0.5, 0.6) is 34.5 Å². The van der Waals surface area contributed by atoms with Crippen LogP contribution < -0.4 is 28.4 Å². The van der Waals surface area contributed by atoms with Gasteiger partial charge in [0.2, 0.25) is 0 Å². The Morgan fingerprint density at radius 2 is 0.643 bits per heavy atom. The zero-order valence-electron chi connectivity index (χ0n) is 58.1. The minimum Gasteiger partial charge on any atom is -0.497 e. The smallest absolute Gasteiger partial charge is 0.343 e. The molecule has 0 radical (unpaired) electrons. The molecule has 12 nitrogen and oxygen atoms in total. The van der Waals surface area contributed by atoms with Crippen molar-refractivity contribution in [3.05, 3.63) is 350 Å². The lowest BCUT2D eigenvalue weighted by atomic mass is 9.77. The molecule has 9 aromatic rings. The Kier molecular flexibility index (Phi) is 39.0. The molecule has 0 spiro atoms. The fourth-order valence-corrected chi connectivity index (χ4v) is 9.36. The molecule has 1 fully saturated rings. The van der Waals surface area contributed by atoms with E-state index in [1.54, 1.807) is 141 Å². The molecule has 1 saturated carbocycles. The number of hydrogen-bond acceptors (Lipinski definition) is 12. The van der Waals surface area contributed by atoms with E-state index in [1.807, 2.05) is 113 Å². The van der Waals surface area contributed by atoms with Crippen LogP contribution in [-0.4, -0.2) is 37.0 Å². The molecule has 0 aliphatic heterocycles. The van der Waals surface area contributed by atoms with Crippen LogP contribution in [0.1, 0.15) is 148 Å². The van der Waals surface area contributed by atoms with Gasteiger partial charge in [0.15, 0.2) is 0 Å². The number of ether oxygens (including phenoxy) is 6. The lowest BCUT2D eigenvalue weighted by Crippen LogP contribution is -2.13. The van der Waals surface area contributed by atoms with Crippen molar-refractivity contribution in [2.24, 2.45) is 5.92 Å². The Balaban J connectivity index is 0.000000431. The summed E-state index contributed by atoms with van der Waals surface area (Å²) in [5.74, 6) is 2.78. The highest BCUT2D eigenvalue weighted by Gasteiger charge is 2.22. The maximum atomic E-state index is 12.4. The van der Waals surface area contributed by atoms with Gasteiger partial charge < -0.3 is 28.4 Å². The van der Waals surface area contributed by atoms with E-state index in [0.29, 0.717) is 73.6 Å². The van der Waals surface area contributed by atoms with Crippen molar-refractivity contribution < 1.29 is 52.4 Å². The maximum absolute atomic E-state index is 12.4. The lowest BCUT2D eigenvalue weighted by Gasteiger charge is -2.28. The summed E-state index contributed by atoms with van der Waals surface area (Å²) in [5, 5.41) is 8.66. The SMILES string of the molecule is C=C.C=C.C=C.C=C.C=C.CCCC1CCC(c2ccc(OC(=O)c3ccc(C)cc3)cc2)CC1.COc1ccc(OC(=O)c2ccc(C)cc2)cc1.Cc1ccc(C(=O)Oc2ccc(C#N)cc2)cc1.Cc1ccc(OC(=O)c2ccc(OC(=O)c3ccc(C)cc3)cc2C)cc1. The second-order valence-electron chi connectivity index (χ2n) is 21.6. The predicted octanol–water partition coefficient (Wildman–Crippen LogP) is 21.7. The molecular weight excluding hydrogens is 1220 g/mol. The summed E-state index contributed by atoms with van der Waals surface area (Å²) in [6, 6.07) is 64.6. The topological polar surface area (TPSA) is 165 Å². The second kappa shape index (κ2) is 46.4. The van der Waals surface area contributed by atoms with Gasteiger partial charge in [0.1, 0.15) is 34.5 Å². The standard InChI is InChI=1S/C23H20O4.C23H28O2.C15H11NO2.C15H14O3.5C2H4/c1-15-4-8-18(9-5-15)22(24)27-20-12-13-21(17(3)14-20)23(25)26-19-10-6-16(2)7-11-19;1-3-4-18-7-11-19(12-8-18)20-13-15-22(16-14-20)25-23(24)21-9-5-17(2)6-10-21;1-11-2-6-13(7-3-11)15(17)18-14-8-4-12(10-16)5-9-14;1-11-3-5-12(6-4-11)15(16)18-14-9-7-13(17-2)8-10-14;5*1-2/h4-14H,1-3H3;5-6,9-10,13-16,18-19H,3-4,7-8,11-12H2,1-2H3;2-9H,1H3;3-10H,1-2H3;5*1-2H2. The number of hydrogen-bond donors (Lipinski definition) is 0. The van der Waals surface area contributed by atoms with Gasteiger partial charge in [0.05, 0.1) is 46.6 Å². The van der Waals surface area contributed by atoms with Crippen molar-refractivity contribution in [3.8, 4) is 40.6 Å². The maximum Gasteiger partial charge on any atom is 0.343 e. The van der Waals surface area contributed by atoms with Crippen LogP contribution >= 0.6 is 0 Å². The average Bonchev–Trinajstić information content (AvgIpc) is 0.912. The second-order valence-corrected chi connectivity index (χ2v) is 21.6. The number of carbonyl (C=O) groups excluding carboxylic acids is 5. The van der Waals surface area contributed by atoms with Crippen LogP contribution in [0.3, 0.4) is 0 Å². The number of aryl methyl sites for hydroxylation is 6. The summed E-state index contributed by atoms with van der Waals surface area (Å²) in [5.41, 5.74) is 10.6. The minimum atomic E-state index is -0.451. The molecule has 0 N–H and O–H groups in total. The Morgan fingerprint density at radius 3 is 0.959 bits per heavy atom. The van der Waals surface area contributed by atoms with Gasteiger partial charge in [-0.15, -0.1) is 65.8 Å². The monoisotopic (exact) mass is 1320 g/mol. The minimum absolute atomic E-state index is 0.298. The third kappa shape index (κ3) is 28.9. The highest BCUT2D eigenvalue weighted by Crippen LogP contribution is 2.38. The van der Waals surface area contributed by atoms with Crippen molar-refractivity contribution >= 4 is 29.8 Å². The van der Waals surface area contributed by atoms with E-state index in [4.69, 9.17) is 33.7 Å². The molecule has 0 unspecified atom stereocenters. The average molecular weight is 1320 g/mol. The Morgan fingerprint density at radius 1 is 0.367 bits per heavy atom. The Bertz CT molecular complexity index is 3850. The van der Waals surface area contributed by atoms with Crippen molar-refractivity contribution in [1.29, 1.82) is 5.26 Å². The first kappa shape index (κ1) is 82.4. The largest absolute Gasteiger partial charge is 0.497 e. The number of nitriles is 1. The van der Waals surface area contributed by atoms with Crippen LogP contribution in [0.25, 0.3) is 0 Å². The normalized spacial score (nSPS) is 11.8. The van der Waals surface area contributed by atoms with Crippen LogP contribution in [0.15, 0.2) is 278 Å². The van der Waals surface area contributed by atoms with Gasteiger partial charge >= 0.3 is 29.8 Å². The number of carbonyl (C=O) groups is 5. The first-order valence-electron chi connectivity index (χ1n) is 31.7. The van der Waals surface area contributed by atoms with E-state index in [9.17, 15) is 24.0 Å². The highest BCUT2D eigenvalue weighted by atomic mass is 16.6. The fraction of sp³-hybridized carbons (Fsp3) is 0.186. The van der Waals surface area contributed by atoms with Crippen molar-refractivity contribution in [2.75, 3.05) is 7.11 Å². The van der Waals surface area contributed by atoms with Gasteiger partial charge in [0, 0.05) is 0 Å². The lowest BCUT2D eigenvalue weighted by molar-refractivity contribution is 0.0721. The first-order chi connectivity index (χ1) is 47.4. The summed E-state index contributed by atoms with van der Waals surface area (Å²) in [4.78, 5) is 60.4. The van der Waals surface area contributed by atoms with E-state index in [-0.39, 0.29) is 11.9 Å². The van der Waals surface area contributed by atoms with Crippen molar-refractivity contribution in [1.82, 2.24) is 0 Å². The van der Waals surface area contributed by atoms with E-state index in [2.05, 4.69) is 84.8 Å². The van der Waals surface area contributed by atoms with Gasteiger partial charge in [-0.05, 0) is 230 Å².